The summed E-state index contributed by atoms with van der Waals surface area (Å²) in [5.41, 5.74) is 2.16. The Morgan fingerprint density at radius 2 is 1.78 bits per heavy atom. The third-order valence-corrected chi connectivity index (χ3v) is 4.74. The van der Waals surface area contributed by atoms with Gasteiger partial charge in [0.2, 0.25) is 0 Å². The summed E-state index contributed by atoms with van der Waals surface area (Å²) in [5.74, 6) is 0.966. The standard InChI is InChI=1S/C20H26O2.C3H6O2/c1-15(2)16-10-12-18(13-11-16)22-19(21)14-20(3,4)17-8-6-5-7-9-17;1-3(4)5-2/h5-9,12,16H,1,10-11,13-14H2,2-4H3;1-2H3. The van der Waals surface area contributed by atoms with Crippen LogP contribution < -0.4 is 0 Å². The molecule has 0 aromatic heterocycles. The highest BCUT2D eigenvalue weighted by Crippen LogP contribution is 2.31. The molecule has 4 nitrogen and oxygen atoms in total. The number of hydrogen-bond acceptors (Lipinski definition) is 4. The minimum Gasteiger partial charge on any atom is -0.469 e. The SMILES string of the molecule is C=C(C)C1CC=C(OC(=O)CC(C)(C)c2ccccc2)CC1.COC(C)=O. The maximum Gasteiger partial charge on any atom is 0.311 e. The number of allylic oxidation sites excluding steroid dienone is 3. The van der Waals surface area contributed by atoms with Crippen molar-refractivity contribution in [1.29, 1.82) is 0 Å². The zero-order valence-corrected chi connectivity index (χ0v) is 17.2. The number of benzene rings is 1. The van der Waals surface area contributed by atoms with Gasteiger partial charge in [-0.05, 0) is 37.3 Å². The first kappa shape index (κ1) is 22.7. The average molecular weight is 373 g/mol. The van der Waals surface area contributed by atoms with Gasteiger partial charge in [0, 0.05) is 18.8 Å². The van der Waals surface area contributed by atoms with Crippen LogP contribution in [-0.4, -0.2) is 19.0 Å². The fraction of sp³-hybridized carbons (Fsp3) is 0.478. The topological polar surface area (TPSA) is 52.6 Å². The van der Waals surface area contributed by atoms with E-state index in [4.69, 9.17) is 4.74 Å². The molecule has 1 aromatic carbocycles. The van der Waals surface area contributed by atoms with E-state index in [0.29, 0.717) is 12.3 Å². The lowest BCUT2D eigenvalue weighted by atomic mass is 9.81. The van der Waals surface area contributed by atoms with Crippen LogP contribution in [0.2, 0.25) is 0 Å². The van der Waals surface area contributed by atoms with Gasteiger partial charge in [0.1, 0.15) is 5.76 Å². The van der Waals surface area contributed by atoms with Crippen molar-refractivity contribution in [2.24, 2.45) is 5.92 Å². The smallest absolute Gasteiger partial charge is 0.311 e. The maximum absolute atomic E-state index is 12.2. The fourth-order valence-electron chi connectivity index (χ4n) is 2.88. The van der Waals surface area contributed by atoms with Crippen LogP contribution >= 0.6 is 0 Å². The first-order valence-electron chi connectivity index (χ1n) is 9.31. The molecule has 0 spiro atoms. The summed E-state index contributed by atoms with van der Waals surface area (Å²) in [6, 6.07) is 10.1. The lowest BCUT2D eigenvalue weighted by Crippen LogP contribution is -2.23. The molecule has 4 heteroatoms. The lowest BCUT2D eigenvalue weighted by Gasteiger charge is -2.25. The van der Waals surface area contributed by atoms with Gasteiger partial charge in [-0.2, -0.15) is 0 Å². The van der Waals surface area contributed by atoms with Crippen molar-refractivity contribution in [3.05, 3.63) is 59.9 Å². The quantitative estimate of drug-likeness (QED) is 0.517. The van der Waals surface area contributed by atoms with Crippen molar-refractivity contribution in [2.45, 2.75) is 58.8 Å². The average Bonchev–Trinajstić information content (AvgIpc) is 2.63. The van der Waals surface area contributed by atoms with E-state index < -0.39 is 0 Å². The van der Waals surface area contributed by atoms with Gasteiger partial charge in [0.05, 0.1) is 13.5 Å². The van der Waals surface area contributed by atoms with Gasteiger partial charge >= 0.3 is 11.9 Å². The summed E-state index contributed by atoms with van der Waals surface area (Å²) in [6.45, 7) is 11.6. The molecular weight excluding hydrogens is 340 g/mol. The third kappa shape index (κ3) is 8.25. The second kappa shape index (κ2) is 10.7. The highest BCUT2D eigenvalue weighted by molar-refractivity contribution is 5.72. The monoisotopic (exact) mass is 372 g/mol. The van der Waals surface area contributed by atoms with Crippen LogP contribution in [0.1, 0.15) is 58.9 Å². The summed E-state index contributed by atoms with van der Waals surface area (Å²) in [5, 5.41) is 0. The molecule has 0 fully saturated rings. The van der Waals surface area contributed by atoms with Crippen LogP contribution in [0.5, 0.6) is 0 Å². The van der Waals surface area contributed by atoms with Crippen molar-refractivity contribution in [3.8, 4) is 0 Å². The molecule has 1 unspecified atom stereocenters. The summed E-state index contributed by atoms with van der Waals surface area (Å²) >= 11 is 0. The molecule has 0 radical (unpaired) electrons. The number of carbonyl (C=O) groups is 2. The number of esters is 2. The minimum atomic E-state index is -0.245. The normalized spacial score (nSPS) is 16.3. The van der Waals surface area contributed by atoms with E-state index in [1.165, 1.54) is 19.6 Å². The number of methoxy groups -OCH3 is 1. The molecule has 0 saturated carbocycles. The molecule has 0 aliphatic heterocycles. The highest BCUT2D eigenvalue weighted by Gasteiger charge is 2.26. The highest BCUT2D eigenvalue weighted by atomic mass is 16.5. The predicted octanol–water partition coefficient (Wildman–Crippen LogP) is 5.34. The van der Waals surface area contributed by atoms with Crippen LogP contribution in [0.25, 0.3) is 0 Å². The second-order valence-electron chi connectivity index (χ2n) is 7.58. The van der Waals surface area contributed by atoms with E-state index in [9.17, 15) is 9.59 Å². The molecule has 1 aromatic rings. The lowest BCUT2D eigenvalue weighted by molar-refractivity contribution is -0.141. The van der Waals surface area contributed by atoms with Crippen LogP contribution in [-0.2, 0) is 24.5 Å². The molecule has 0 amide bonds. The predicted molar refractivity (Wildman–Crippen MR) is 108 cm³/mol. The molecule has 2 rings (SSSR count). The number of hydrogen-bond donors (Lipinski definition) is 0. The largest absolute Gasteiger partial charge is 0.469 e. The van der Waals surface area contributed by atoms with Gasteiger partial charge in [0.15, 0.2) is 0 Å². The number of carbonyl (C=O) groups excluding carboxylic acids is 2. The van der Waals surface area contributed by atoms with E-state index in [-0.39, 0.29) is 17.4 Å². The van der Waals surface area contributed by atoms with Crippen LogP contribution in [0, 0.1) is 5.92 Å². The summed E-state index contributed by atoms with van der Waals surface area (Å²) < 4.78 is 9.68. The van der Waals surface area contributed by atoms with Gasteiger partial charge in [0.25, 0.3) is 0 Å². The maximum atomic E-state index is 12.2. The zero-order chi connectivity index (χ0) is 20.4. The molecule has 1 aliphatic rings. The fourth-order valence-corrected chi connectivity index (χ4v) is 2.88. The van der Waals surface area contributed by atoms with Gasteiger partial charge in [-0.25, -0.2) is 0 Å². The first-order chi connectivity index (χ1) is 12.7. The molecule has 1 atom stereocenters. The van der Waals surface area contributed by atoms with Crippen molar-refractivity contribution in [2.75, 3.05) is 7.11 Å². The number of rotatable bonds is 5. The Morgan fingerprint density at radius 1 is 1.19 bits per heavy atom. The Hall–Kier alpha value is -2.36. The second-order valence-corrected chi connectivity index (χ2v) is 7.58. The van der Waals surface area contributed by atoms with E-state index in [1.54, 1.807) is 0 Å². The van der Waals surface area contributed by atoms with Gasteiger partial charge in [-0.3, -0.25) is 9.59 Å². The molecule has 0 bridgehead atoms. The van der Waals surface area contributed by atoms with Gasteiger partial charge < -0.3 is 9.47 Å². The van der Waals surface area contributed by atoms with E-state index in [1.807, 2.05) is 18.2 Å². The Morgan fingerprint density at radius 3 is 2.22 bits per heavy atom. The molecule has 0 heterocycles. The molecule has 148 valence electrons. The van der Waals surface area contributed by atoms with Gasteiger partial charge in [-0.15, -0.1) is 0 Å². The van der Waals surface area contributed by atoms with E-state index in [0.717, 1.165) is 30.6 Å². The van der Waals surface area contributed by atoms with Crippen LogP contribution in [0.4, 0.5) is 0 Å². The van der Waals surface area contributed by atoms with Crippen LogP contribution in [0.3, 0.4) is 0 Å². The first-order valence-corrected chi connectivity index (χ1v) is 9.31. The zero-order valence-electron chi connectivity index (χ0n) is 17.2. The van der Waals surface area contributed by atoms with Crippen molar-refractivity contribution in [1.82, 2.24) is 0 Å². The third-order valence-electron chi connectivity index (χ3n) is 4.74. The van der Waals surface area contributed by atoms with Crippen LogP contribution in [0.15, 0.2) is 54.3 Å². The summed E-state index contributed by atoms with van der Waals surface area (Å²) in [4.78, 5) is 21.8. The van der Waals surface area contributed by atoms with Crippen molar-refractivity contribution >= 4 is 11.9 Å². The molecule has 0 N–H and O–H groups in total. The molecular formula is C23H32O4. The van der Waals surface area contributed by atoms with Crippen molar-refractivity contribution < 1.29 is 19.1 Å². The summed E-state index contributed by atoms with van der Waals surface area (Å²) in [6.07, 6.45) is 5.22. The van der Waals surface area contributed by atoms with E-state index >= 15 is 0 Å². The van der Waals surface area contributed by atoms with E-state index in [2.05, 4.69) is 50.3 Å². The molecule has 27 heavy (non-hydrogen) atoms. The minimum absolute atomic E-state index is 0.145. The Bertz CT molecular complexity index is 671. The Kier molecular flexibility index (Phi) is 8.99. The molecule has 1 aliphatic carbocycles. The Balaban J connectivity index is 0.000000646. The number of ether oxygens (including phenoxy) is 2. The molecule has 0 saturated heterocycles. The van der Waals surface area contributed by atoms with Crippen molar-refractivity contribution in [3.63, 3.8) is 0 Å². The van der Waals surface area contributed by atoms with Gasteiger partial charge in [-0.1, -0.05) is 56.3 Å². The summed E-state index contributed by atoms with van der Waals surface area (Å²) in [7, 11) is 1.35. The Labute approximate surface area is 163 Å².